The summed E-state index contributed by atoms with van der Waals surface area (Å²) in [7, 11) is -1.23. The first-order valence-electron chi connectivity index (χ1n) is 9.43. The van der Waals surface area contributed by atoms with Crippen molar-refractivity contribution in [2.75, 3.05) is 26.2 Å². The van der Waals surface area contributed by atoms with E-state index in [4.69, 9.17) is 4.42 Å². The number of amides is 2. The van der Waals surface area contributed by atoms with Gasteiger partial charge >= 0.3 is 6.03 Å². The summed E-state index contributed by atoms with van der Waals surface area (Å²) in [5.41, 5.74) is 4.15. The molecule has 0 aliphatic carbocycles. The average Bonchev–Trinajstić information content (AvgIpc) is 3.46. The predicted molar refractivity (Wildman–Crippen MR) is 109 cm³/mol. The molecule has 1 N–H and O–H groups in total. The van der Waals surface area contributed by atoms with Gasteiger partial charge in [-0.25, -0.2) is 13.3 Å². The minimum atomic E-state index is -1.23. The maximum Gasteiger partial charge on any atom is 0.318 e. The van der Waals surface area contributed by atoms with Crippen LogP contribution in [0.2, 0.25) is 0 Å². The molecule has 148 valence electrons. The van der Waals surface area contributed by atoms with E-state index in [0.717, 1.165) is 21.4 Å². The molecule has 1 atom stereocenters. The minimum Gasteiger partial charge on any atom is -0.464 e. The van der Waals surface area contributed by atoms with E-state index in [1.54, 1.807) is 23.6 Å². The fourth-order valence-electron chi connectivity index (χ4n) is 3.80. The van der Waals surface area contributed by atoms with E-state index >= 15 is 0 Å². The van der Waals surface area contributed by atoms with E-state index in [-0.39, 0.29) is 6.03 Å². The Morgan fingerprint density at radius 3 is 2.72 bits per heavy atom. The van der Waals surface area contributed by atoms with Crippen molar-refractivity contribution in [2.45, 2.75) is 11.4 Å². The Hall–Kier alpha value is -2.97. The predicted octanol–water partition coefficient (Wildman–Crippen LogP) is 2.69. The number of nitrogens with zero attached hydrogens (tertiary/aromatic N) is 3. The van der Waals surface area contributed by atoms with Crippen LogP contribution >= 0.6 is 0 Å². The van der Waals surface area contributed by atoms with Crippen LogP contribution in [0.4, 0.5) is 4.79 Å². The molecule has 0 radical (unpaired) electrons. The molecule has 1 aromatic carbocycles. The van der Waals surface area contributed by atoms with Crippen LogP contribution in [0.5, 0.6) is 0 Å². The van der Waals surface area contributed by atoms with E-state index < -0.39 is 11.0 Å². The van der Waals surface area contributed by atoms with Gasteiger partial charge in [-0.2, -0.15) is 0 Å². The summed E-state index contributed by atoms with van der Waals surface area (Å²) in [6, 6.07) is 11.2. The molecule has 4 heterocycles. The lowest BCUT2D eigenvalue weighted by atomic mass is 10.2. The summed E-state index contributed by atoms with van der Waals surface area (Å²) in [5.74, 6) is 0. The highest BCUT2D eigenvalue weighted by Crippen LogP contribution is 2.29. The van der Waals surface area contributed by atoms with Gasteiger partial charge in [-0.1, -0.05) is 6.07 Å². The number of aromatic nitrogens is 1. The maximum absolute atomic E-state index is 13.0. The van der Waals surface area contributed by atoms with Crippen molar-refractivity contribution >= 4 is 28.0 Å². The van der Waals surface area contributed by atoms with Gasteiger partial charge in [-0.05, 0) is 47.0 Å². The molecular formula is C21H20N4O3S. The first-order valence-corrected chi connectivity index (χ1v) is 10.5. The van der Waals surface area contributed by atoms with Crippen LogP contribution in [0.1, 0.15) is 5.56 Å². The Morgan fingerprint density at radius 1 is 1.14 bits per heavy atom. The standard InChI is InChI=1S/C21H20N4O3S/c26-21(23-10-15-2-1-6-22-9-15)24-11-17-13-25(14-18(17)12-24)29(27)19-3-4-20-16(8-19)5-7-28-20/h1-9H,10-14H2,(H,23,26). The summed E-state index contributed by atoms with van der Waals surface area (Å²) in [6.07, 6.45) is 5.09. The van der Waals surface area contributed by atoms with E-state index in [1.165, 1.54) is 11.1 Å². The normalized spacial score (nSPS) is 17.7. The Labute approximate surface area is 170 Å². The van der Waals surface area contributed by atoms with Crippen LogP contribution in [-0.2, 0) is 17.5 Å². The molecule has 5 rings (SSSR count). The lowest BCUT2D eigenvalue weighted by Gasteiger charge is -2.22. The molecule has 0 spiro atoms. The summed E-state index contributed by atoms with van der Waals surface area (Å²) >= 11 is 0. The van der Waals surface area contributed by atoms with Gasteiger partial charge in [-0.15, -0.1) is 0 Å². The van der Waals surface area contributed by atoms with Gasteiger partial charge in [0.2, 0.25) is 0 Å². The Balaban J connectivity index is 1.17. The third kappa shape index (κ3) is 3.56. The lowest BCUT2D eigenvalue weighted by molar-refractivity contribution is 0.208. The summed E-state index contributed by atoms with van der Waals surface area (Å²) in [6.45, 7) is 2.88. The highest BCUT2D eigenvalue weighted by molar-refractivity contribution is 7.82. The van der Waals surface area contributed by atoms with Gasteiger partial charge < -0.3 is 14.6 Å². The van der Waals surface area contributed by atoms with Crippen molar-refractivity contribution in [3.63, 3.8) is 0 Å². The van der Waals surface area contributed by atoms with Crippen LogP contribution in [0, 0.1) is 0 Å². The number of furan rings is 1. The first kappa shape index (κ1) is 18.1. The lowest BCUT2D eigenvalue weighted by Crippen LogP contribution is -2.40. The third-order valence-corrected chi connectivity index (χ3v) is 6.70. The van der Waals surface area contributed by atoms with Crippen molar-refractivity contribution < 1.29 is 13.4 Å². The molecular weight excluding hydrogens is 388 g/mol. The van der Waals surface area contributed by atoms with E-state index in [9.17, 15) is 9.00 Å². The van der Waals surface area contributed by atoms with Crippen LogP contribution < -0.4 is 5.32 Å². The molecule has 2 aliphatic heterocycles. The van der Waals surface area contributed by atoms with Crippen LogP contribution in [0.3, 0.4) is 0 Å². The van der Waals surface area contributed by atoms with E-state index in [1.807, 2.05) is 40.7 Å². The zero-order chi connectivity index (χ0) is 19.8. The SMILES string of the molecule is O=C(NCc1cccnc1)N1CC2=C(C1)CN(S(=O)c1ccc3occc3c1)C2. The van der Waals surface area contributed by atoms with Gasteiger partial charge in [0.1, 0.15) is 16.6 Å². The molecule has 2 aliphatic rings. The quantitative estimate of drug-likeness (QED) is 0.674. The Bertz CT molecular complexity index is 1110. The number of pyridine rings is 1. The molecule has 0 saturated carbocycles. The number of hydrogen-bond acceptors (Lipinski definition) is 4. The van der Waals surface area contributed by atoms with Gasteiger partial charge in [0, 0.05) is 50.5 Å². The first-order chi connectivity index (χ1) is 14.2. The van der Waals surface area contributed by atoms with E-state index in [2.05, 4.69) is 10.3 Å². The zero-order valence-electron chi connectivity index (χ0n) is 15.7. The van der Waals surface area contributed by atoms with Crippen LogP contribution in [0.25, 0.3) is 11.0 Å². The molecule has 0 bridgehead atoms. The van der Waals surface area contributed by atoms with Crippen molar-refractivity contribution in [2.24, 2.45) is 0 Å². The molecule has 3 aromatic rings. The van der Waals surface area contributed by atoms with Gasteiger partial charge in [0.25, 0.3) is 0 Å². The average molecular weight is 408 g/mol. The second kappa shape index (κ2) is 7.46. The topological polar surface area (TPSA) is 78.7 Å². The van der Waals surface area contributed by atoms with Crippen LogP contribution in [-0.4, -0.2) is 50.6 Å². The molecule has 29 heavy (non-hydrogen) atoms. The number of carbonyl (C=O) groups excluding carboxylic acids is 1. The number of nitrogens with one attached hydrogen (secondary N) is 1. The molecule has 8 heteroatoms. The largest absolute Gasteiger partial charge is 0.464 e. The molecule has 0 saturated heterocycles. The van der Waals surface area contributed by atoms with Crippen molar-refractivity contribution in [3.05, 3.63) is 71.8 Å². The number of benzene rings is 1. The minimum absolute atomic E-state index is 0.0821. The molecule has 2 aromatic heterocycles. The fraction of sp³-hybridized carbons (Fsp3) is 0.238. The molecule has 2 amide bonds. The Kier molecular flexibility index (Phi) is 4.65. The third-order valence-electron chi connectivity index (χ3n) is 5.31. The van der Waals surface area contributed by atoms with Crippen LogP contribution in [0.15, 0.2) is 75.5 Å². The van der Waals surface area contributed by atoms with Gasteiger partial charge in [0.05, 0.1) is 11.2 Å². The van der Waals surface area contributed by atoms with E-state index in [0.29, 0.717) is 32.7 Å². The summed E-state index contributed by atoms with van der Waals surface area (Å²) in [5, 5.41) is 3.89. The number of fused-ring (bicyclic) bond motifs is 1. The number of urea groups is 1. The monoisotopic (exact) mass is 408 g/mol. The highest BCUT2D eigenvalue weighted by atomic mass is 32.2. The Morgan fingerprint density at radius 2 is 1.97 bits per heavy atom. The van der Waals surface area contributed by atoms with Gasteiger partial charge in [-0.3, -0.25) is 4.98 Å². The second-order valence-corrected chi connectivity index (χ2v) is 8.74. The molecule has 1 unspecified atom stereocenters. The number of rotatable bonds is 4. The highest BCUT2D eigenvalue weighted by Gasteiger charge is 2.34. The molecule has 0 fully saturated rings. The summed E-state index contributed by atoms with van der Waals surface area (Å²) in [4.78, 5) is 19.1. The number of carbonyl (C=O) groups is 1. The van der Waals surface area contributed by atoms with Crippen molar-refractivity contribution in [3.8, 4) is 0 Å². The van der Waals surface area contributed by atoms with Crippen molar-refractivity contribution in [1.29, 1.82) is 0 Å². The maximum atomic E-state index is 13.0. The molecule has 7 nitrogen and oxygen atoms in total. The fourth-order valence-corrected chi connectivity index (χ4v) is 5.06. The smallest absolute Gasteiger partial charge is 0.318 e. The zero-order valence-corrected chi connectivity index (χ0v) is 16.5. The number of hydrogen-bond donors (Lipinski definition) is 1. The van der Waals surface area contributed by atoms with Gasteiger partial charge in [0.15, 0.2) is 0 Å². The summed E-state index contributed by atoms with van der Waals surface area (Å²) < 4.78 is 20.3. The van der Waals surface area contributed by atoms with Crippen molar-refractivity contribution in [1.82, 2.24) is 19.5 Å². The second-order valence-electron chi connectivity index (χ2n) is 7.25.